The molecular weight excluding hydrogens is 276 g/mol. The van der Waals surface area contributed by atoms with Gasteiger partial charge in [-0.1, -0.05) is 17.7 Å². The van der Waals surface area contributed by atoms with E-state index in [0.717, 1.165) is 0 Å². The van der Waals surface area contributed by atoms with Crippen molar-refractivity contribution in [3.8, 4) is 0 Å². The highest BCUT2D eigenvalue weighted by Crippen LogP contribution is 2.14. The lowest BCUT2D eigenvalue weighted by Gasteiger charge is -2.06. The van der Waals surface area contributed by atoms with Gasteiger partial charge in [-0.25, -0.2) is 9.97 Å². The molecule has 102 valence electrons. The summed E-state index contributed by atoms with van der Waals surface area (Å²) in [6.07, 6.45) is 3.21. The molecule has 0 fully saturated rings. The Bertz CT molecular complexity index is 613. The average Bonchev–Trinajstić information content (AvgIpc) is 2.48. The predicted molar refractivity (Wildman–Crippen MR) is 80.1 cm³/mol. The van der Waals surface area contributed by atoms with Crippen LogP contribution in [0.3, 0.4) is 0 Å². The van der Waals surface area contributed by atoms with Crippen molar-refractivity contribution >= 4 is 29.1 Å². The first-order chi connectivity index (χ1) is 9.69. The highest BCUT2D eigenvalue weighted by atomic mass is 35.5. The Balaban J connectivity index is 2.08. The van der Waals surface area contributed by atoms with E-state index in [1.165, 1.54) is 6.20 Å². The number of rotatable bonds is 5. The molecule has 1 amide bonds. The second kappa shape index (κ2) is 6.68. The van der Waals surface area contributed by atoms with E-state index in [4.69, 9.17) is 11.6 Å². The number of hydrogen-bond donors (Lipinski definition) is 2. The normalized spacial score (nSPS) is 9.85. The van der Waals surface area contributed by atoms with E-state index in [1.54, 1.807) is 36.4 Å². The predicted octanol–water partition coefficient (Wildman–Crippen LogP) is 2.98. The second-order valence-electron chi connectivity index (χ2n) is 3.90. The molecule has 0 radical (unpaired) electrons. The van der Waals surface area contributed by atoms with Crippen molar-refractivity contribution in [3.05, 3.63) is 59.9 Å². The smallest absolute Gasteiger partial charge is 0.274 e. The molecule has 0 aliphatic rings. The number of anilines is 2. The standard InChI is InChI=1S/C14H13ClN4O/c1-2-8-16-14-17-9-7-12(19-14)13(20)18-11-5-3-10(15)4-6-11/h2-7,9H,1,8H2,(H,18,20)(H,16,17,19). The Labute approximate surface area is 121 Å². The Morgan fingerprint density at radius 3 is 2.75 bits per heavy atom. The van der Waals surface area contributed by atoms with Gasteiger partial charge in [0.15, 0.2) is 0 Å². The molecule has 20 heavy (non-hydrogen) atoms. The first-order valence-corrected chi connectivity index (χ1v) is 6.31. The number of amides is 1. The van der Waals surface area contributed by atoms with Gasteiger partial charge in [-0.05, 0) is 30.3 Å². The summed E-state index contributed by atoms with van der Waals surface area (Å²) in [4.78, 5) is 20.2. The van der Waals surface area contributed by atoms with Crippen molar-refractivity contribution in [1.82, 2.24) is 9.97 Å². The lowest BCUT2D eigenvalue weighted by Crippen LogP contribution is -2.15. The molecule has 0 spiro atoms. The Hall–Kier alpha value is -2.40. The maximum atomic E-state index is 12.0. The van der Waals surface area contributed by atoms with E-state index in [-0.39, 0.29) is 11.6 Å². The number of aromatic nitrogens is 2. The van der Waals surface area contributed by atoms with Gasteiger partial charge in [0.05, 0.1) is 0 Å². The van der Waals surface area contributed by atoms with Crippen LogP contribution in [0.2, 0.25) is 5.02 Å². The third kappa shape index (κ3) is 3.80. The lowest BCUT2D eigenvalue weighted by atomic mass is 10.3. The van der Waals surface area contributed by atoms with Gasteiger partial charge >= 0.3 is 0 Å². The molecule has 0 saturated heterocycles. The minimum atomic E-state index is -0.309. The zero-order chi connectivity index (χ0) is 14.4. The van der Waals surface area contributed by atoms with Gasteiger partial charge in [-0.2, -0.15) is 0 Å². The third-order valence-corrected chi connectivity index (χ3v) is 2.65. The van der Waals surface area contributed by atoms with Crippen molar-refractivity contribution in [2.75, 3.05) is 17.2 Å². The molecule has 1 heterocycles. The summed E-state index contributed by atoms with van der Waals surface area (Å²) < 4.78 is 0. The molecule has 0 aliphatic carbocycles. The summed E-state index contributed by atoms with van der Waals surface area (Å²) in [7, 11) is 0. The molecule has 0 saturated carbocycles. The summed E-state index contributed by atoms with van der Waals surface area (Å²) in [6, 6.07) is 8.39. The van der Waals surface area contributed by atoms with E-state index in [1.807, 2.05) is 0 Å². The van der Waals surface area contributed by atoms with Gasteiger partial charge in [0, 0.05) is 23.5 Å². The van der Waals surface area contributed by atoms with Gasteiger partial charge < -0.3 is 10.6 Å². The van der Waals surface area contributed by atoms with Crippen LogP contribution in [0, 0.1) is 0 Å². The van der Waals surface area contributed by atoms with Gasteiger partial charge in [0.2, 0.25) is 5.95 Å². The molecule has 5 nitrogen and oxygen atoms in total. The van der Waals surface area contributed by atoms with E-state index in [9.17, 15) is 4.79 Å². The van der Waals surface area contributed by atoms with Crippen molar-refractivity contribution in [2.45, 2.75) is 0 Å². The van der Waals surface area contributed by atoms with Gasteiger partial charge in [-0.3, -0.25) is 4.79 Å². The fourth-order valence-corrected chi connectivity index (χ4v) is 1.59. The van der Waals surface area contributed by atoms with Crippen molar-refractivity contribution in [2.24, 2.45) is 0 Å². The van der Waals surface area contributed by atoms with Crippen LogP contribution in [-0.2, 0) is 0 Å². The molecule has 2 rings (SSSR count). The minimum absolute atomic E-state index is 0.279. The topological polar surface area (TPSA) is 66.9 Å². The van der Waals surface area contributed by atoms with Gasteiger partial charge in [0.25, 0.3) is 5.91 Å². The van der Waals surface area contributed by atoms with Crippen LogP contribution in [-0.4, -0.2) is 22.4 Å². The molecule has 2 aromatic rings. The van der Waals surface area contributed by atoms with Crippen LogP contribution < -0.4 is 10.6 Å². The number of nitrogens with one attached hydrogen (secondary N) is 2. The lowest BCUT2D eigenvalue weighted by molar-refractivity contribution is 0.102. The minimum Gasteiger partial charge on any atom is -0.351 e. The summed E-state index contributed by atoms with van der Waals surface area (Å²) in [5.41, 5.74) is 0.931. The van der Waals surface area contributed by atoms with Crippen LogP contribution in [0.4, 0.5) is 11.6 Å². The maximum Gasteiger partial charge on any atom is 0.274 e. The van der Waals surface area contributed by atoms with E-state index in [2.05, 4.69) is 27.2 Å². The van der Waals surface area contributed by atoms with Gasteiger partial charge in [-0.15, -0.1) is 6.58 Å². The van der Waals surface area contributed by atoms with Crippen molar-refractivity contribution in [3.63, 3.8) is 0 Å². The van der Waals surface area contributed by atoms with E-state index in [0.29, 0.717) is 23.2 Å². The average molecular weight is 289 g/mol. The SMILES string of the molecule is C=CCNc1nccc(C(=O)Nc2ccc(Cl)cc2)n1. The Morgan fingerprint density at radius 2 is 2.05 bits per heavy atom. The molecule has 2 N–H and O–H groups in total. The Morgan fingerprint density at radius 1 is 1.30 bits per heavy atom. The number of benzene rings is 1. The number of carbonyl (C=O) groups is 1. The largest absolute Gasteiger partial charge is 0.351 e. The molecule has 1 aromatic carbocycles. The zero-order valence-electron chi connectivity index (χ0n) is 10.6. The van der Waals surface area contributed by atoms with Crippen LogP contribution in [0.5, 0.6) is 0 Å². The first kappa shape index (κ1) is 14.0. The highest BCUT2D eigenvalue weighted by Gasteiger charge is 2.08. The molecule has 0 unspecified atom stereocenters. The van der Waals surface area contributed by atoms with Crippen molar-refractivity contribution in [1.29, 1.82) is 0 Å². The molecular formula is C14H13ClN4O. The van der Waals surface area contributed by atoms with Crippen molar-refractivity contribution < 1.29 is 4.79 Å². The fourth-order valence-electron chi connectivity index (χ4n) is 1.46. The fraction of sp³-hybridized carbons (Fsp3) is 0.0714. The number of halogens is 1. The van der Waals surface area contributed by atoms with Crippen LogP contribution in [0.25, 0.3) is 0 Å². The quantitative estimate of drug-likeness (QED) is 0.830. The molecule has 0 bridgehead atoms. The molecule has 6 heteroatoms. The van der Waals surface area contributed by atoms with E-state index < -0.39 is 0 Å². The zero-order valence-corrected chi connectivity index (χ0v) is 11.4. The highest BCUT2D eigenvalue weighted by molar-refractivity contribution is 6.30. The number of hydrogen-bond acceptors (Lipinski definition) is 4. The molecule has 0 aliphatic heterocycles. The van der Waals surface area contributed by atoms with Gasteiger partial charge in [0.1, 0.15) is 5.69 Å². The summed E-state index contributed by atoms with van der Waals surface area (Å²) >= 11 is 5.78. The van der Waals surface area contributed by atoms with Crippen LogP contribution in [0.1, 0.15) is 10.5 Å². The van der Waals surface area contributed by atoms with Crippen LogP contribution in [0.15, 0.2) is 49.2 Å². The maximum absolute atomic E-state index is 12.0. The summed E-state index contributed by atoms with van der Waals surface area (Å²) in [5, 5.41) is 6.27. The monoisotopic (exact) mass is 288 g/mol. The number of carbonyl (C=O) groups excluding carboxylic acids is 1. The summed E-state index contributed by atoms with van der Waals surface area (Å²) in [5.74, 6) is 0.0741. The van der Waals surface area contributed by atoms with E-state index >= 15 is 0 Å². The molecule has 0 atom stereocenters. The van der Waals surface area contributed by atoms with Crippen LogP contribution >= 0.6 is 11.6 Å². The summed E-state index contributed by atoms with van der Waals surface area (Å²) in [6.45, 7) is 4.12. The Kier molecular flexibility index (Phi) is 4.68. The number of nitrogens with zero attached hydrogens (tertiary/aromatic N) is 2. The second-order valence-corrected chi connectivity index (χ2v) is 4.33. The third-order valence-electron chi connectivity index (χ3n) is 2.39. The molecule has 1 aromatic heterocycles. The first-order valence-electron chi connectivity index (χ1n) is 5.94.